The average molecular weight is 1060 g/mol. The Bertz CT molecular complexity index is 2640. The van der Waals surface area contributed by atoms with Crippen molar-refractivity contribution < 1.29 is 34.8 Å². The fraction of sp³-hybridized carbons (Fsp3) is 0.576. The van der Waals surface area contributed by atoms with Crippen molar-refractivity contribution in [2.75, 3.05) is 39.6 Å². The van der Waals surface area contributed by atoms with E-state index in [1.165, 1.54) is 54.9 Å². The number of fused-ring (bicyclic) bond motifs is 3. The first-order chi connectivity index (χ1) is 38.0. The Morgan fingerprint density at radius 2 is 1.68 bits per heavy atom. The van der Waals surface area contributed by atoms with Gasteiger partial charge in [0.15, 0.2) is 24.1 Å². The van der Waals surface area contributed by atoms with Crippen LogP contribution in [0.2, 0.25) is 0 Å². The second-order valence-corrected chi connectivity index (χ2v) is 24.8. The molecule has 3 heterocycles. The number of aryl methyl sites for hydroxylation is 3. The fourth-order valence-corrected chi connectivity index (χ4v) is 16.0. The van der Waals surface area contributed by atoms with Crippen LogP contribution in [-0.2, 0) is 35.3 Å². The van der Waals surface area contributed by atoms with E-state index in [0.717, 1.165) is 108 Å². The summed E-state index contributed by atoms with van der Waals surface area (Å²) in [7, 11) is 0. The van der Waals surface area contributed by atoms with Gasteiger partial charge in [0, 0.05) is 37.8 Å². The Hall–Kier alpha value is -4.92. The number of hydrogen-bond acceptors (Lipinski definition) is 12. The molecule has 0 amide bonds. The second-order valence-electron chi connectivity index (χ2n) is 24.8. The third-order valence-electron chi connectivity index (χ3n) is 19.7. The molecule has 3 aliphatic heterocycles. The maximum atomic E-state index is 14.2. The molecule has 4 aliphatic carbocycles. The summed E-state index contributed by atoms with van der Waals surface area (Å²) < 4.78 is 5.42. The zero-order valence-electron chi connectivity index (χ0n) is 46.1. The number of allylic oxidation sites excluding steroid dienone is 3. The van der Waals surface area contributed by atoms with Crippen LogP contribution in [0.3, 0.4) is 0 Å². The first-order valence-electron chi connectivity index (χ1n) is 30.0. The van der Waals surface area contributed by atoms with Crippen LogP contribution < -0.4 is 31.7 Å². The highest BCUT2D eigenvalue weighted by Gasteiger charge is 2.55. The largest absolute Gasteiger partial charge is 0.504 e. The summed E-state index contributed by atoms with van der Waals surface area (Å²) in [6.07, 6.45) is 28.1. The molecule has 10 rings (SSSR count). The van der Waals surface area contributed by atoms with Crippen LogP contribution in [-0.4, -0.2) is 95.9 Å². The number of nitrogens with one attached hydrogen (secondary N) is 4. The van der Waals surface area contributed by atoms with Gasteiger partial charge in [0.05, 0.1) is 25.3 Å². The molecule has 1 unspecified atom stereocenters. The van der Waals surface area contributed by atoms with Crippen LogP contribution in [0.1, 0.15) is 131 Å². The molecule has 3 aromatic carbocycles. The van der Waals surface area contributed by atoms with Crippen LogP contribution >= 0.6 is 0 Å². The lowest BCUT2D eigenvalue weighted by Crippen LogP contribution is -2.57. The lowest BCUT2D eigenvalue weighted by molar-refractivity contribution is -0.126. The van der Waals surface area contributed by atoms with E-state index >= 15 is 0 Å². The van der Waals surface area contributed by atoms with E-state index in [-0.39, 0.29) is 53.1 Å². The fourth-order valence-electron chi connectivity index (χ4n) is 16.0. The number of dihydropyridines is 1. The Balaban J connectivity index is 0.824. The summed E-state index contributed by atoms with van der Waals surface area (Å²) in [5, 5.41) is 58.1. The third-order valence-corrected chi connectivity index (χ3v) is 19.7. The molecule has 3 aromatic rings. The topological polar surface area (TPSA) is 198 Å². The van der Waals surface area contributed by atoms with Crippen LogP contribution in [0, 0.1) is 46.8 Å². The number of Topliss-reactive ketones (excluding diaryl/α,β-unsaturated/α-hetero) is 1. The van der Waals surface area contributed by atoms with Gasteiger partial charge in [-0.1, -0.05) is 86.0 Å². The van der Waals surface area contributed by atoms with Gasteiger partial charge in [-0.25, -0.2) is 0 Å². The van der Waals surface area contributed by atoms with E-state index in [1.54, 1.807) is 12.1 Å². The van der Waals surface area contributed by atoms with Crippen molar-refractivity contribution in [3.8, 4) is 11.5 Å². The Morgan fingerprint density at radius 3 is 2.49 bits per heavy atom. The van der Waals surface area contributed by atoms with Crippen LogP contribution in [0.25, 0.3) is 5.57 Å². The maximum Gasteiger partial charge on any atom is 0.186 e. The number of ether oxygens (including phenoxy) is 1. The number of piperidine rings is 1. The number of carbonyl (C=O) groups excluding carboxylic acids is 2. The van der Waals surface area contributed by atoms with Crippen molar-refractivity contribution in [2.45, 2.75) is 153 Å². The second kappa shape index (κ2) is 26.6. The number of carbonyl (C=O) groups is 2. The summed E-state index contributed by atoms with van der Waals surface area (Å²) >= 11 is 0. The van der Waals surface area contributed by atoms with Gasteiger partial charge in [0.1, 0.15) is 5.78 Å². The molecule has 10 N–H and O–H groups in total. The molecular formula is C66H89N5O7. The highest BCUT2D eigenvalue weighted by molar-refractivity contribution is 6.07. The van der Waals surface area contributed by atoms with Gasteiger partial charge in [-0.2, -0.15) is 0 Å². The number of aliphatic hydroxyl groups is 3. The van der Waals surface area contributed by atoms with Crippen molar-refractivity contribution in [3.05, 3.63) is 136 Å². The molecular weight excluding hydrogens is 975 g/mol. The number of rotatable bonds is 23. The van der Waals surface area contributed by atoms with Gasteiger partial charge >= 0.3 is 0 Å². The molecule has 78 heavy (non-hydrogen) atoms. The average Bonchev–Trinajstić information content (AvgIpc) is 3.95. The first kappa shape index (κ1) is 56.4. The van der Waals surface area contributed by atoms with Crippen molar-refractivity contribution in [2.24, 2.45) is 52.6 Å². The van der Waals surface area contributed by atoms with E-state index in [0.29, 0.717) is 83.7 Å². The molecule has 12 nitrogen and oxygen atoms in total. The summed E-state index contributed by atoms with van der Waals surface area (Å²) in [6, 6.07) is 23.2. The highest BCUT2D eigenvalue weighted by atomic mass is 16.6. The van der Waals surface area contributed by atoms with Crippen molar-refractivity contribution in [1.82, 2.24) is 21.3 Å². The number of hydrogen-bond donors (Lipinski definition) is 9. The minimum absolute atomic E-state index is 0.0178. The number of phenols is 1. The predicted molar refractivity (Wildman–Crippen MR) is 308 cm³/mol. The van der Waals surface area contributed by atoms with E-state index < -0.39 is 13.4 Å². The van der Waals surface area contributed by atoms with Crippen molar-refractivity contribution in [3.63, 3.8) is 0 Å². The number of aliphatic hydroxyl groups excluding tert-OH is 3. The lowest BCUT2D eigenvalue weighted by Gasteiger charge is -2.54. The molecule has 0 aromatic heterocycles. The molecule has 4 saturated carbocycles. The molecule has 5 fully saturated rings. The zero-order chi connectivity index (χ0) is 54.0. The minimum atomic E-state index is -0.677. The Labute approximate surface area is 463 Å². The van der Waals surface area contributed by atoms with Gasteiger partial charge in [0.25, 0.3) is 0 Å². The summed E-state index contributed by atoms with van der Waals surface area (Å²) in [4.78, 5) is 28.3. The number of phenolic OH excluding ortho intramolecular Hbond substituents is 1. The number of nitrogens with two attached hydrogens (primary N) is 1. The van der Waals surface area contributed by atoms with Crippen LogP contribution in [0.4, 0.5) is 0 Å². The standard InChI is InChI=1S/C66H89N5O7/c67-64-31-48(20-18-45-12-7-11-44(25-45)17-16-43-9-3-1-4-10-43)51(39-71-64)28-50-30-61(76)63(78-42-73)34-59(50)53(41-72)29-57(75)33-56(74)26-46-19-21-54-32-55(70-40-62(77)47-13-5-2-6-14-47)36-66(54,35-46)37-60-58-22-24-68-38-52(58)27-49-15-8-23-69-65(49)60/h1,3-4,7-12,15,25,29-31,34,39,46-47,49,52,54-55,58,60,62,64-65,68-73,76-77H,2,5-6,13-14,16-24,26-28,32-33,35-38,40-42,67H2/b53-29+/t46-,49-,52-,54+,55+,58+,60+,62-,64?,65+,66-/m0/s1. The molecule has 1 saturated heterocycles. The molecule has 12 heteroatoms. The zero-order valence-corrected chi connectivity index (χ0v) is 46.1. The van der Waals surface area contributed by atoms with E-state index in [9.17, 15) is 30.0 Å². The van der Waals surface area contributed by atoms with Gasteiger partial charge in [0.2, 0.25) is 0 Å². The SMILES string of the molecule is NC1C=C(CCc2cccc(CCc3ccccc3)c2)C(Cc2cc(O)c(OCO)cc2/C(=C/C(=O)CC(=O)C[C@@H]2CC[C@@H]3C[C@@H](NC[C@H](O)C4CCCCC4)C[C@]3(C[C@@H]3[C@@H]4CCNC[C@@H]4C[C@@H]4C=CCN[C@@H]34)C2)CO)=CN1. The lowest BCUT2D eigenvalue weighted by atomic mass is 9.54. The number of benzene rings is 3. The maximum absolute atomic E-state index is 14.2. The smallest absolute Gasteiger partial charge is 0.186 e. The van der Waals surface area contributed by atoms with E-state index in [4.69, 9.17) is 10.5 Å². The Morgan fingerprint density at radius 1 is 0.885 bits per heavy atom. The van der Waals surface area contributed by atoms with E-state index in [2.05, 4.69) is 82.0 Å². The van der Waals surface area contributed by atoms with Crippen LogP contribution in [0.5, 0.6) is 11.5 Å². The molecule has 420 valence electrons. The quantitative estimate of drug-likeness (QED) is 0.0190. The molecule has 0 spiro atoms. The van der Waals surface area contributed by atoms with Crippen molar-refractivity contribution in [1.29, 1.82) is 0 Å². The van der Waals surface area contributed by atoms with Gasteiger partial charge in [-0.3, -0.25) is 9.59 Å². The van der Waals surface area contributed by atoms with Gasteiger partial charge < -0.3 is 52.2 Å². The summed E-state index contributed by atoms with van der Waals surface area (Å²) in [5.74, 6) is 2.94. The highest BCUT2D eigenvalue weighted by Crippen LogP contribution is 2.60. The number of ketones is 2. The van der Waals surface area contributed by atoms with Crippen LogP contribution in [0.15, 0.2) is 108 Å². The molecule has 7 aliphatic rings. The van der Waals surface area contributed by atoms with E-state index in [1.807, 2.05) is 18.3 Å². The molecule has 0 radical (unpaired) electrons. The minimum Gasteiger partial charge on any atom is -0.504 e. The third kappa shape index (κ3) is 14.0. The molecule has 0 bridgehead atoms. The summed E-state index contributed by atoms with van der Waals surface area (Å²) in [5.41, 5.74) is 13.8. The normalized spacial score (nSPS) is 29.5. The van der Waals surface area contributed by atoms with Gasteiger partial charge in [-0.05, 0) is 225 Å². The predicted octanol–water partition coefficient (Wildman–Crippen LogP) is 8.55. The summed E-state index contributed by atoms with van der Waals surface area (Å²) in [6.45, 7) is 2.57. The Kier molecular flexibility index (Phi) is 19.2. The van der Waals surface area contributed by atoms with Gasteiger partial charge in [-0.15, -0.1) is 0 Å². The number of aromatic hydroxyl groups is 1. The molecule has 11 atom stereocenters. The monoisotopic (exact) mass is 1060 g/mol. The first-order valence-corrected chi connectivity index (χ1v) is 30.0. The van der Waals surface area contributed by atoms with Crippen molar-refractivity contribution >= 4 is 17.1 Å².